The monoisotopic (exact) mass is 438 g/mol. The molecule has 0 aliphatic carbocycles. The molecule has 4 amide bonds. The van der Waals surface area contributed by atoms with Crippen molar-refractivity contribution < 1.29 is 28.6 Å². The number of hydrogen-bond acceptors (Lipinski definition) is 6. The Morgan fingerprint density at radius 1 is 0.969 bits per heavy atom. The molecule has 8 heteroatoms. The van der Waals surface area contributed by atoms with Gasteiger partial charge in [0.15, 0.2) is 11.5 Å². The Balaban J connectivity index is 1.87. The largest absolute Gasteiger partial charge is 0.494 e. The Morgan fingerprint density at radius 2 is 1.72 bits per heavy atom. The van der Waals surface area contributed by atoms with E-state index in [-0.39, 0.29) is 5.57 Å². The summed E-state index contributed by atoms with van der Waals surface area (Å²) >= 11 is 0. The molecule has 0 spiro atoms. The minimum Gasteiger partial charge on any atom is -0.494 e. The lowest BCUT2D eigenvalue weighted by molar-refractivity contribution is -0.122. The number of ether oxygens (including phenoxy) is 3. The molecule has 1 fully saturated rings. The highest BCUT2D eigenvalue weighted by atomic mass is 16.5. The Bertz CT molecular complexity index is 1030. The van der Waals surface area contributed by atoms with Crippen LogP contribution in [0.5, 0.6) is 17.2 Å². The molecule has 1 saturated heterocycles. The molecular weight excluding hydrogens is 412 g/mol. The molecule has 0 atom stereocenters. The summed E-state index contributed by atoms with van der Waals surface area (Å²) < 4.78 is 16.4. The van der Waals surface area contributed by atoms with Crippen LogP contribution in [0.25, 0.3) is 6.08 Å². The number of imide groups is 2. The molecule has 1 N–H and O–H groups in total. The lowest BCUT2D eigenvalue weighted by Crippen LogP contribution is -2.54. The number of carbonyl (C=O) groups is 3. The van der Waals surface area contributed by atoms with E-state index in [0.29, 0.717) is 41.7 Å². The van der Waals surface area contributed by atoms with Crippen LogP contribution in [0.1, 0.15) is 32.3 Å². The summed E-state index contributed by atoms with van der Waals surface area (Å²) in [5, 5.41) is 2.22. The van der Waals surface area contributed by atoms with Crippen LogP contribution in [0.3, 0.4) is 0 Å². The van der Waals surface area contributed by atoms with Crippen molar-refractivity contribution >= 4 is 29.6 Å². The average Bonchev–Trinajstić information content (AvgIpc) is 2.78. The van der Waals surface area contributed by atoms with E-state index >= 15 is 0 Å². The van der Waals surface area contributed by atoms with Gasteiger partial charge in [0, 0.05) is 0 Å². The van der Waals surface area contributed by atoms with Crippen LogP contribution in [0.15, 0.2) is 48.0 Å². The van der Waals surface area contributed by atoms with Gasteiger partial charge in [-0.25, -0.2) is 9.69 Å². The van der Waals surface area contributed by atoms with Gasteiger partial charge in [0.2, 0.25) is 0 Å². The lowest BCUT2D eigenvalue weighted by Gasteiger charge is -2.26. The third-order valence-corrected chi connectivity index (χ3v) is 4.76. The first kappa shape index (κ1) is 22.9. The quantitative estimate of drug-likeness (QED) is 0.362. The van der Waals surface area contributed by atoms with E-state index in [4.69, 9.17) is 14.2 Å². The van der Waals surface area contributed by atoms with Crippen molar-refractivity contribution in [3.05, 3.63) is 53.6 Å². The smallest absolute Gasteiger partial charge is 0.335 e. The van der Waals surface area contributed by atoms with E-state index in [1.165, 1.54) is 13.2 Å². The van der Waals surface area contributed by atoms with E-state index in [1.54, 1.807) is 42.5 Å². The molecule has 1 aliphatic heterocycles. The summed E-state index contributed by atoms with van der Waals surface area (Å²) in [4.78, 5) is 38.8. The van der Waals surface area contributed by atoms with Gasteiger partial charge in [0.1, 0.15) is 11.3 Å². The molecule has 3 rings (SSSR count). The highest BCUT2D eigenvalue weighted by molar-refractivity contribution is 6.39. The second-order valence-electron chi connectivity index (χ2n) is 7.00. The van der Waals surface area contributed by atoms with E-state index in [2.05, 4.69) is 12.2 Å². The first-order valence-electron chi connectivity index (χ1n) is 10.4. The third kappa shape index (κ3) is 5.08. The number of nitrogens with zero attached hydrogens (tertiary/aromatic N) is 1. The molecular formula is C24H26N2O6. The molecule has 2 aromatic carbocycles. The maximum Gasteiger partial charge on any atom is 0.335 e. The van der Waals surface area contributed by atoms with Crippen molar-refractivity contribution in [2.75, 3.05) is 25.2 Å². The van der Waals surface area contributed by atoms with E-state index in [9.17, 15) is 14.4 Å². The second-order valence-corrected chi connectivity index (χ2v) is 7.00. The first-order chi connectivity index (χ1) is 15.5. The SMILES string of the molecule is CCCCOc1ccc(N2C(=O)NC(=O)/C(=C/c3ccc(OC)c(OCC)c3)C2=O)cc1. The van der Waals surface area contributed by atoms with Crippen LogP contribution in [0, 0.1) is 0 Å². The Kier molecular flexibility index (Phi) is 7.49. The Morgan fingerprint density at radius 3 is 2.38 bits per heavy atom. The van der Waals surface area contributed by atoms with Gasteiger partial charge in [-0.15, -0.1) is 0 Å². The molecule has 0 radical (unpaired) electrons. The number of hydrogen-bond donors (Lipinski definition) is 1. The molecule has 168 valence electrons. The maximum atomic E-state index is 13.1. The molecule has 2 aromatic rings. The first-order valence-corrected chi connectivity index (χ1v) is 10.4. The van der Waals surface area contributed by atoms with Crippen molar-refractivity contribution in [1.82, 2.24) is 5.32 Å². The van der Waals surface area contributed by atoms with Gasteiger partial charge < -0.3 is 14.2 Å². The Hall–Kier alpha value is -3.81. The van der Waals surface area contributed by atoms with Crippen LogP contribution in [0.4, 0.5) is 10.5 Å². The number of barbiturate groups is 1. The summed E-state index contributed by atoms with van der Waals surface area (Å²) in [7, 11) is 1.53. The van der Waals surface area contributed by atoms with Crippen LogP contribution in [-0.2, 0) is 9.59 Å². The van der Waals surface area contributed by atoms with Gasteiger partial charge in [0.25, 0.3) is 11.8 Å². The van der Waals surface area contributed by atoms with Gasteiger partial charge in [-0.2, -0.15) is 0 Å². The summed E-state index contributed by atoms with van der Waals surface area (Å²) in [6, 6.07) is 10.8. The van der Waals surface area contributed by atoms with E-state index in [0.717, 1.165) is 17.7 Å². The number of nitrogens with one attached hydrogen (secondary N) is 1. The zero-order valence-electron chi connectivity index (χ0n) is 18.3. The molecule has 1 heterocycles. The predicted molar refractivity (Wildman–Crippen MR) is 120 cm³/mol. The number of methoxy groups -OCH3 is 1. The summed E-state index contributed by atoms with van der Waals surface area (Å²) in [6.45, 7) is 4.93. The predicted octanol–water partition coefficient (Wildman–Crippen LogP) is 3.94. The second kappa shape index (κ2) is 10.5. The fourth-order valence-electron chi connectivity index (χ4n) is 3.14. The van der Waals surface area contributed by atoms with Gasteiger partial charge >= 0.3 is 6.03 Å². The number of benzene rings is 2. The number of amides is 4. The highest BCUT2D eigenvalue weighted by Gasteiger charge is 2.36. The summed E-state index contributed by atoms with van der Waals surface area (Å²) in [5.74, 6) is 0.184. The van der Waals surface area contributed by atoms with E-state index in [1.807, 2.05) is 6.92 Å². The van der Waals surface area contributed by atoms with Gasteiger partial charge in [0.05, 0.1) is 26.0 Å². The number of carbonyl (C=O) groups excluding carboxylic acids is 3. The van der Waals surface area contributed by atoms with Crippen molar-refractivity contribution in [2.45, 2.75) is 26.7 Å². The van der Waals surface area contributed by atoms with Gasteiger partial charge in [-0.1, -0.05) is 19.4 Å². The van der Waals surface area contributed by atoms with E-state index < -0.39 is 17.8 Å². The molecule has 0 unspecified atom stereocenters. The van der Waals surface area contributed by atoms with Crippen molar-refractivity contribution in [2.24, 2.45) is 0 Å². The number of urea groups is 1. The average molecular weight is 438 g/mol. The fraction of sp³-hybridized carbons (Fsp3) is 0.292. The van der Waals surface area contributed by atoms with Gasteiger partial charge in [-0.3, -0.25) is 14.9 Å². The molecule has 32 heavy (non-hydrogen) atoms. The van der Waals surface area contributed by atoms with Crippen LogP contribution in [0.2, 0.25) is 0 Å². The number of rotatable bonds is 9. The zero-order valence-corrected chi connectivity index (χ0v) is 18.3. The van der Waals surface area contributed by atoms with Crippen LogP contribution >= 0.6 is 0 Å². The molecule has 0 saturated carbocycles. The fourth-order valence-corrected chi connectivity index (χ4v) is 3.14. The minimum atomic E-state index is -0.804. The summed E-state index contributed by atoms with van der Waals surface area (Å²) in [5.41, 5.74) is 0.723. The zero-order chi connectivity index (χ0) is 23.1. The topological polar surface area (TPSA) is 94.2 Å². The standard InChI is InChI=1S/C24H26N2O6/c1-4-6-13-32-18-10-8-17(9-11-18)26-23(28)19(22(27)25-24(26)29)14-16-7-12-20(30-3)21(15-16)31-5-2/h7-12,14-15H,4-6,13H2,1-3H3,(H,25,27,29)/b19-14-. The van der Waals surface area contributed by atoms with Crippen molar-refractivity contribution in [1.29, 1.82) is 0 Å². The normalized spacial score (nSPS) is 15.0. The molecule has 1 aliphatic rings. The van der Waals surface area contributed by atoms with Crippen molar-refractivity contribution in [3.63, 3.8) is 0 Å². The molecule has 0 aromatic heterocycles. The van der Waals surface area contributed by atoms with Crippen LogP contribution in [-0.4, -0.2) is 38.2 Å². The maximum absolute atomic E-state index is 13.1. The minimum absolute atomic E-state index is 0.166. The summed E-state index contributed by atoms with van der Waals surface area (Å²) in [6.07, 6.45) is 3.37. The number of unbranched alkanes of at least 4 members (excludes halogenated alkanes) is 1. The molecule has 0 bridgehead atoms. The van der Waals surface area contributed by atoms with Crippen LogP contribution < -0.4 is 24.4 Å². The highest BCUT2D eigenvalue weighted by Crippen LogP contribution is 2.30. The lowest BCUT2D eigenvalue weighted by atomic mass is 10.1. The molecule has 8 nitrogen and oxygen atoms in total. The Labute approximate surface area is 186 Å². The number of anilines is 1. The van der Waals surface area contributed by atoms with Gasteiger partial charge in [-0.05, 0) is 61.4 Å². The van der Waals surface area contributed by atoms with Crippen molar-refractivity contribution in [3.8, 4) is 17.2 Å². The third-order valence-electron chi connectivity index (χ3n) is 4.76.